The second-order valence-corrected chi connectivity index (χ2v) is 3.89. The minimum Gasteiger partial charge on any atom is -0.374 e. The van der Waals surface area contributed by atoms with Gasteiger partial charge in [-0.3, -0.25) is 4.55 Å². The van der Waals surface area contributed by atoms with Crippen molar-refractivity contribution in [2.45, 2.75) is 0 Å². The van der Waals surface area contributed by atoms with E-state index in [0.29, 0.717) is 0 Å². The molecule has 0 amide bonds. The molecule has 0 atom stereocenters. The zero-order chi connectivity index (χ0) is 9.03. The molecule has 0 saturated carbocycles. The van der Waals surface area contributed by atoms with E-state index in [1.54, 1.807) is 0 Å². The van der Waals surface area contributed by atoms with E-state index in [1.165, 1.54) is 6.20 Å². The molecule has 0 spiro atoms. The maximum absolute atomic E-state index is 10.3. The van der Waals surface area contributed by atoms with Gasteiger partial charge < -0.3 is 10.2 Å². The van der Waals surface area contributed by atoms with E-state index in [1.807, 2.05) is 4.90 Å². The standard InChI is InChI=1S/C6H12N2O3S/c9-12(10,11)6-5-8-3-1-7-2-4-8/h5-7H,1-4H2,(H,9,10,11). The Bertz CT molecular complexity index is 254. The van der Waals surface area contributed by atoms with Crippen LogP contribution in [0.25, 0.3) is 0 Å². The molecule has 0 aromatic rings. The molecule has 1 saturated heterocycles. The Morgan fingerprint density at radius 2 is 1.92 bits per heavy atom. The zero-order valence-corrected chi connectivity index (χ0v) is 7.42. The van der Waals surface area contributed by atoms with Crippen molar-refractivity contribution in [3.63, 3.8) is 0 Å². The summed E-state index contributed by atoms with van der Waals surface area (Å²) in [5, 5.41) is 3.93. The first kappa shape index (κ1) is 9.50. The lowest BCUT2D eigenvalue weighted by Gasteiger charge is -2.25. The van der Waals surface area contributed by atoms with Crippen LogP contribution in [0.5, 0.6) is 0 Å². The Morgan fingerprint density at radius 1 is 1.33 bits per heavy atom. The van der Waals surface area contributed by atoms with E-state index < -0.39 is 10.1 Å². The molecular weight excluding hydrogens is 180 g/mol. The lowest BCUT2D eigenvalue weighted by Crippen LogP contribution is -2.40. The predicted molar refractivity (Wildman–Crippen MR) is 45.1 cm³/mol. The second kappa shape index (κ2) is 3.88. The van der Waals surface area contributed by atoms with Gasteiger partial charge in [0.2, 0.25) is 0 Å². The monoisotopic (exact) mass is 192 g/mol. The molecular formula is C6H12N2O3S. The summed E-state index contributed by atoms with van der Waals surface area (Å²) >= 11 is 0. The fourth-order valence-corrected chi connectivity index (χ4v) is 1.32. The van der Waals surface area contributed by atoms with Crippen molar-refractivity contribution >= 4 is 10.1 Å². The molecule has 1 rings (SSSR count). The number of piperazine rings is 1. The van der Waals surface area contributed by atoms with Crippen molar-refractivity contribution in [1.29, 1.82) is 0 Å². The Balaban J connectivity index is 2.44. The maximum atomic E-state index is 10.3. The van der Waals surface area contributed by atoms with Gasteiger partial charge >= 0.3 is 0 Å². The van der Waals surface area contributed by atoms with Gasteiger partial charge in [0.15, 0.2) is 0 Å². The van der Waals surface area contributed by atoms with Crippen LogP contribution in [0.4, 0.5) is 0 Å². The van der Waals surface area contributed by atoms with Crippen molar-refractivity contribution in [3.8, 4) is 0 Å². The van der Waals surface area contributed by atoms with Crippen molar-refractivity contribution in [2.24, 2.45) is 0 Å². The summed E-state index contributed by atoms with van der Waals surface area (Å²) in [6.45, 7) is 3.23. The van der Waals surface area contributed by atoms with E-state index in [0.717, 1.165) is 31.6 Å². The first-order valence-corrected chi connectivity index (χ1v) is 5.19. The van der Waals surface area contributed by atoms with Gasteiger partial charge in [0, 0.05) is 32.4 Å². The summed E-state index contributed by atoms with van der Waals surface area (Å²) in [7, 11) is -3.97. The molecule has 1 aliphatic rings. The Hall–Kier alpha value is -0.590. The smallest absolute Gasteiger partial charge is 0.289 e. The van der Waals surface area contributed by atoms with Crippen LogP contribution in [0.15, 0.2) is 11.6 Å². The molecule has 2 N–H and O–H groups in total. The molecule has 0 radical (unpaired) electrons. The third-order valence-electron chi connectivity index (χ3n) is 1.60. The normalized spacial score (nSPS) is 20.2. The number of nitrogens with one attached hydrogen (secondary N) is 1. The van der Waals surface area contributed by atoms with E-state index in [4.69, 9.17) is 4.55 Å². The van der Waals surface area contributed by atoms with Gasteiger partial charge in [0.1, 0.15) is 0 Å². The van der Waals surface area contributed by atoms with Crippen molar-refractivity contribution in [1.82, 2.24) is 10.2 Å². The first-order chi connectivity index (χ1) is 5.58. The molecule has 5 nitrogen and oxygen atoms in total. The zero-order valence-electron chi connectivity index (χ0n) is 6.60. The Kier molecular flexibility index (Phi) is 3.07. The highest BCUT2D eigenvalue weighted by molar-refractivity contribution is 7.88. The fraction of sp³-hybridized carbons (Fsp3) is 0.667. The molecule has 0 aliphatic carbocycles. The number of nitrogens with zero attached hydrogens (tertiary/aromatic N) is 1. The minimum absolute atomic E-state index is 0.770. The van der Waals surface area contributed by atoms with Crippen LogP contribution < -0.4 is 5.32 Å². The van der Waals surface area contributed by atoms with Crippen molar-refractivity contribution < 1.29 is 13.0 Å². The van der Waals surface area contributed by atoms with Crippen LogP contribution in [-0.2, 0) is 10.1 Å². The highest BCUT2D eigenvalue weighted by atomic mass is 32.2. The van der Waals surface area contributed by atoms with Crippen molar-refractivity contribution in [2.75, 3.05) is 26.2 Å². The lowest BCUT2D eigenvalue weighted by molar-refractivity contribution is 0.324. The molecule has 0 unspecified atom stereocenters. The van der Waals surface area contributed by atoms with E-state index in [2.05, 4.69) is 5.32 Å². The minimum atomic E-state index is -3.97. The van der Waals surface area contributed by atoms with Gasteiger partial charge in [-0.05, 0) is 0 Å². The summed E-state index contributed by atoms with van der Waals surface area (Å²) in [4.78, 5) is 1.84. The largest absolute Gasteiger partial charge is 0.374 e. The van der Waals surface area contributed by atoms with Gasteiger partial charge in [-0.2, -0.15) is 8.42 Å². The van der Waals surface area contributed by atoms with Crippen LogP contribution in [-0.4, -0.2) is 44.0 Å². The van der Waals surface area contributed by atoms with E-state index >= 15 is 0 Å². The third-order valence-corrected chi connectivity index (χ3v) is 2.06. The van der Waals surface area contributed by atoms with E-state index in [9.17, 15) is 8.42 Å². The highest BCUT2D eigenvalue weighted by Gasteiger charge is 2.05. The Labute approximate surface area is 71.8 Å². The average Bonchev–Trinajstić information content (AvgIpc) is 2.02. The molecule has 1 fully saturated rings. The lowest BCUT2D eigenvalue weighted by atomic mass is 10.4. The van der Waals surface area contributed by atoms with Gasteiger partial charge in [-0.1, -0.05) is 0 Å². The van der Waals surface area contributed by atoms with Crippen LogP contribution in [0.1, 0.15) is 0 Å². The molecule has 0 aromatic carbocycles. The van der Waals surface area contributed by atoms with Crippen LogP contribution in [0, 0.1) is 0 Å². The predicted octanol–water partition coefficient (Wildman–Crippen LogP) is -0.749. The topological polar surface area (TPSA) is 69.6 Å². The molecule has 0 aromatic heterocycles. The third kappa shape index (κ3) is 3.70. The molecule has 1 aliphatic heterocycles. The first-order valence-electron chi connectivity index (χ1n) is 3.68. The molecule has 70 valence electrons. The molecule has 0 bridgehead atoms. The van der Waals surface area contributed by atoms with Gasteiger partial charge in [-0.25, -0.2) is 0 Å². The van der Waals surface area contributed by atoms with Crippen LogP contribution >= 0.6 is 0 Å². The summed E-state index contributed by atoms with van der Waals surface area (Å²) in [5.41, 5.74) is 0. The highest BCUT2D eigenvalue weighted by Crippen LogP contribution is 1.94. The van der Waals surface area contributed by atoms with Crippen molar-refractivity contribution in [3.05, 3.63) is 11.6 Å². The second-order valence-electron chi connectivity index (χ2n) is 2.59. The number of hydrogen-bond donors (Lipinski definition) is 2. The van der Waals surface area contributed by atoms with Gasteiger partial charge in [0.05, 0.1) is 5.41 Å². The Morgan fingerprint density at radius 3 is 2.42 bits per heavy atom. The summed E-state index contributed by atoms with van der Waals surface area (Å²) in [5.74, 6) is 0. The average molecular weight is 192 g/mol. The molecule has 6 heteroatoms. The van der Waals surface area contributed by atoms with Gasteiger partial charge in [-0.15, -0.1) is 0 Å². The quantitative estimate of drug-likeness (QED) is 0.563. The number of rotatable bonds is 2. The summed E-state index contributed by atoms with van der Waals surface area (Å²) in [6, 6.07) is 0. The maximum Gasteiger partial charge on any atom is 0.289 e. The molecule has 12 heavy (non-hydrogen) atoms. The van der Waals surface area contributed by atoms with Crippen LogP contribution in [0.3, 0.4) is 0 Å². The fourth-order valence-electron chi connectivity index (χ4n) is 0.994. The SMILES string of the molecule is O=S(=O)(O)C=CN1CCNCC1. The van der Waals surface area contributed by atoms with Crippen LogP contribution in [0.2, 0.25) is 0 Å². The molecule has 1 heterocycles. The summed E-state index contributed by atoms with van der Waals surface area (Å²) < 4.78 is 29.0. The number of hydrogen-bond acceptors (Lipinski definition) is 4. The van der Waals surface area contributed by atoms with E-state index in [-0.39, 0.29) is 0 Å². The van der Waals surface area contributed by atoms with Gasteiger partial charge in [0.25, 0.3) is 10.1 Å². The summed E-state index contributed by atoms with van der Waals surface area (Å²) in [6.07, 6.45) is 1.40.